The van der Waals surface area contributed by atoms with Gasteiger partial charge in [0.25, 0.3) is 0 Å². The van der Waals surface area contributed by atoms with Crippen LogP contribution in [0.3, 0.4) is 0 Å². The zero-order valence-corrected chi connectivity index (χ0v) is 13.1. The molecular formula is C18H27NO2. The lowest BCUT2D eigenvalue weighted by atomic mass is 9.78. The van der Waals surface area contributed by atoms with Crippen LogP contribution < -0.4 is 10.1 Å². The molecular weight excluding hydrogens is 262 g/mol. The second-order valence-electron chi connectivity index (χ2n) is 6.47. The number of nitrogens with one attached hydrogen (secondary N) is 1. The summed E-state index contributed by atoms with van der Waals surface area (Å²) in [7, 11) is 1.74. The van der Waals surface area contributed by atoms with Crippen molar-refractivity contribution < 1.29 is 9.47 Å². The van der Waals surface area contributed by atoms with E-state index in [2.05, 4.69) is 17.4 Å². The van der Waals surface area contributed by atoms with Gasteiger partial charge >= 0.3 is 0 Å². The van der Waals surface area contributed by atoms with Crippen molar-refractivity contribution in [3.05, 3.63) is 29.8 Å². The lowest BCUT2D eigenvalue weighted by Crippen LogP contribution is -2.47. The molecule has 2 fully saturated rings. The van der Waals surface area contributed by atoms with Crippen LogP contribution in [0.5, 0.6) is 5.75 Å². The van der Waals surface area contributed by atoms with Gasteiger partial charge in [0.2, 0.25) is 0 Å². The van der Waals surface area contributed by atoms with Gasteiger partial charge in [-0.3, -0.25) is 0 Å². The Morgan fingerprint density at radius 1 is 1.24 bits per heavy atom. The highest BCUT2D eigenvalue weighted by molar-refractivity contribution is 5.33. The molecule has 3 nitrogen and oxygen atoms in total. The molecule has 1 aliphatic carbocycles. The topological polar surface area (TPSA) is 30.5 Å². The number of rotatable bonds is 4. The average Bonchev–Trinajstić information content (AvgIpc) is 2.54. The van der Waals surface area contributed by atoms with Crippen LogP contribution in [0.15, 0.2) is 24.3 Å². The second-order valence-corrected chi connectivity index (χ2v) is 6.47. The Kier molecular flexibility index (Phi) is 4.81. The Labute approximate surface area is 128 Å². The third kappa shape index (κ3) is 3.58. The van der Waals surface area contributed by atoms with Crippen LogP contribution in [0.4, 0.5) is 0 Å². The molecule has 1 unspecified atom stereocenters. The van der Waals surface area contributed by atoms with Gasteiger partial charge in [0, 0.05) is 24.8 Å². The summed E-state index contributed by atoms with van der Waals surface area (Å²) >= 11 is 0. The van der Waals surface area contributed by atoms with E-state index in [0.717, 1.165) is 25.3 Å². The molecule has 1 spiro atoms. The summed E-state index contributed by atoms with van der Waals surface area (Å²) in [6.07, 6.45) is 8.83. The van der Waals surface area contributed by atoms with Crippen molar-refractivity contribution in [2.24, 2.45) is 0 Å². The fourth-order valence-electron chi connectivity index (χ4n) is 3.85. The zero-order chi connectivity index (χ0) is 14.5. The average molecular weight is 289 g/mol. The van der Waals surface area contributed by atoms with E-state index >= 15 is 0 Å². The van der Waals surface area contributed by atoms with Gasteiger partial charge in [0.1, 0.15) is 5.75 Å². The van der Waals surface area contributed by atoms with Crippen molar-refractivity contribution in [3.63, 3.8) is 0 Å². The molecule has 0 bridgehead atoms. The van der Waals surface area contributed by atoms with Crippen LogP contribution in [-0.4, -0.2) is 25.4 Å². The Bertz CT molecular complexity index is 449. The van der Waals surface area contributed by atoms with Crippen molar-refractivity contribution >= 4 is 0 Å². The molecule has 21 heavy (non-hydrogen) atoms. The molecule has 3 heteroatoms. The molecule has 0 aromatic heterocycles. The van der Waals surface area contributed by atoms with Crippen LogP contribution in [0.1, 0.15) is 50.5 Å². The van der Waals surface area contributed by atoms with E-state index in [1.165, 1.54) is 44.1 Å². The van der Waals surface area contributed by atoms with Crippen molar-refractivity contribution in [3.8, 4) is 5.75 Å². The standard InChI is InChI=1S/C18H27NO2/c1-20-17-8-4-3-7-15(17)14-19-16-9-12-21-18(13-16)10-5-2-6-11-18/h3-4,7-8,16,19H,2,5-6,9-14H2,1H3. The van der Waals surface area contributed by atoms with Gasteiger partial charge in [-0.05, 0) is 31.7 Å². The smallest absolute Gasteiger partial charge is 0.123 e. The minimum atomic E-state index is 0.176. The maximum Gasteiger partial charge on any atom is 0.123 e. The maximum absolute atomic E-state index is 6.17. The van der Waals surface area contributed by atoms with E-state index in [1.54, 1.807) is 7.11 Å². The van der Waals surface area contributed by atoms with Crippen LogP contribution in [0.2, 0.25) is 0 Å². The van der Waals surface area contributed by atoms with E-state index in [0.29, 0.717) is 6.04 Å². The lowest BCUT2D eigenvalue weighted by Gasteiger charge is -2.43. The van der Waals surface area contributed by atoms with Crippen LogP contribution in [0, 0.1) is 0 Å². The molecule has 1 aromatic carbocycles. The molecule has 1 saturated carbocycles. The summed E-state index contributed by atoms with van der Waals surface area (Å²) < 4.78 is 11.6. The van der Waals surface area contributed by atoms with Gasteiger partial charge in [0.15, 0.2) is 0 Å². The number of ether oxygens (including phenoxy) is 2. The zero-order valence-electron chi connectivity index (χ0n) is 13.1. The number of hydrogen-bond donors (Lipinski definition) is 1. The molecule has 1 saturated heterocycles. The summed E-state index contributed by atoms with van der Waals surface area (Å²) in [6, 6.07) is 8.84. The summed E-state index contributed by atoms with van der Waals surface area (Å²) in [5.74, 6) is 0.976. The summed E-state index contributed by atoms with van der Waals surface area (Å²) in [5.41, 5.74) is 1.42. The van der Waals surface area contributed by atoms with Crippen LogP contribution >= 0.6 is 0 Å². The van der Waals surface area contributed by atoms with Crippen molar-refractivity contribution in [1.29, 1.82) is 0 Å². The van der Waals surface area contributed by atoms with Gasteiger partial charge in [-0.2, -0.15) is 0 Å². The summed E-state index contributed by atoms with van der Waals surface area (Å²) in [4.78, 5) is 0. The number of hydrogen-bond acceptors (Lipinski definition) is 3. The molecule has 1 aromatic rings. The summed E-state index contributed by atoms with van der Waals surface area (Å²) in [5, 5.41) is 3.72. The Morgan fingerprint density at radius 3 is 2.86 bits per heavy atom. The van der Waals surface area contributed by atoms with Crippen molar-refractivity contribution in [2.45, 2.75) is 63.1 Å². The third-order valence-corrected chi connectivity index (χ3v) is 5.03. The molecule has 1 heterocycles. The maximum atomic E-state index is 6.17. The molecule has 2 aliphatic rings. The molecule has 0 radical (unpaired) electrons. The Balaban J connectivity index is 1.57. The van der Waals surface area contributed by atoms with Gasteiger partial charge < -0.3 is 14.8 Å². The lowest BCUT2D eigenvalue weighted by molar-refractivity contribution is -0.109. The quantitative estimate of drug-likeness (QED) is 0.917. The third-order valence-electron chi connectivity index (χ3n) is 5.03. The first-order valence-corrected chi connectivity index (χ1v) is 8.31. The van der Waals surface area contributed by atoms with E-state index in [1.807, 2.05) is 12.1 Å². The normalized spacial score (nSPS) is 24.9. The predicted octanol–water partition coefficient (Wildman–Crippen LogP) is 3.67. The highest BCUT2D eigenvalue weighted by atomic mass is 16.5. The number of para-hydroxylation sites is 1. The SMILES string of the molecule is COc1ccccc1CNC1CCOC2(CCCCC2)C1. The van der Waals surface area contributed by atoms with Gasteiger partial charge in [0.05, 0.1) is 12.7 Å². The minimum absolute atomic E-state index is 0.176. The van der Waals surface area contributed by atoms with Gasteiger partial charge in [-0.1, -0.05) is 37.5 Å². The highest BCUT2D eigenvalue weighted by Crippen LogP contribution is 2.38. The number of benzene rings is 1. The molecule has 1 atom stereocenters. The van der Waals surface area contributed by atoms with Crippen molar-refractivity contribution in [2.75, 3.05) is 13.7 Å². The molecule has 116 valence electrons. The van der Waals surface area contributed by atoms with E-state index in [-0.39, 0.29) is 5.60 Å². The summed E-state index contributed by atoms with van der Waals surface area (Å²) in [6.45, 7) is 1.79. The van der Waals surface area contributed by atoms with E-state index in [9.17, 15) is 0 Å². The van der Waals surface area contributed by atoms with Crippen molar-refractivity contribution in [1.82, 2.24) is 5.32 Å². The van der Waals surface area contributed by atoms with E-state index < -0.39 is 0 Å². The van der Waals surface area contributed by atoms with Gasteiger partial charge in [-0.25, -0.2) is 0 Å². The molecule has 1 N–H and O–H groups in total. The predicted molar refractivity (Wildman–Crippen MR) is 84.6 cm³/mol. The number of methoxy groups -OCH3 is 1. The molecule has 1 aliphatic heterocycles. The largest absolute Gasteiger partial charge is 0.496 e. The Morgan fingerprint density at radius 2 is 2.05 bits per heavy atom. The van der Waals surface area contributed by atoms with Crippen LogP contribution in [0.25, 0.3) is 0 Å². The monoisotopic (exact) mass is 289 g/mol. The Hall–Kier alpha value is -1.06. The molecule has 0 amide bonds. The second kappa shape index (κ2) is 6.80. The first kappa shape index (κ1) is 14.9. The first-order valence-electron chi connectivity index (χ1n) is 8.31. The van der Waals surface area contributed by atoms with Crippen LogP contribution in [-0.2, 0) is 11.3 Å². The fraction of sp³-hybridized carbons (Fsp3) is 0.667. The van der Waals surface area contributed by atoms with E-state index in [4.69, 9.17) is 9.47 Å². The molecule has 3 rings (SSSR count). The first-order chi connectivity index (χ1) is 10.3. The highest BCUT2D eigenvalue weighted by Gasteiger charge is 2.38. The fourth-order valence-corrected chi connectivity index (χ4v) is 3.85. The minimum Gasteiger partial charge on any atom is -0.496 e. The van der Waals surface area contributed by atoms with Gasteiger partial charge in [-0.15, -0.1) is 0 Å².